The van der Waals surface area contributed by atoms with Crippen molar-refractivity contribution in [3.8, 4) is 0 Å². The van der Waals surface area contributed by atoms with Gasteiger partial charge < -0.3 is 15.5 Å². The monoisotopic (exact) mass is 252 g/mol. The van der Waals surface area contributed by atoms with Gasteiger partial charge in [0.1, 0.15) is 5.01 Å². The van der Waals surface area contributed by atoms with E-state index in [1.54, 1.807) is 18.3 Å². The number of nitrogens with zero attached hydrogens (tertiary/aromatic N) is 1. The van der Waals surface area contributed by atoms with Gasteiger partial charge in [0.05, 0.1) is 29.0 Å². The molecule has 4 nitrogen and oxygen atoms in total. The van der Waals surface area contributed by atoms with Crippen LogP contribution in [-0.4, -0.2) is 33.9 Å². The predicted octanol–water partition coefficient (Wildman–Crippen LogP) is 1.13. The zero-order valence-corrected chi connectivity index (χ0v) is 10.5. The van der Waals surface area contributed by atoms with Crippen molar-refractivity contribution in [1.82, 2.24) is 10.3 Å². The van der Waals surface area contributed by atoms with Crippen LogP contribution in [0.2, 0.25) is 0 Å². The maximum atomic E-state index is 9.16. The summed E-state index contributed by atoms with van der Waals surface area (Å²) in [5.74, 6) is 0. The quantitative estimate of drug-likeness (QED) is 0.746. The molecule has 2 aromatic rings. The Bertz CT molecular complexity index is 461. The summed E-state index contributed by atoms with van der Waals surface area (Å²) in [6.07, 6.45) is 0. The summed E-state index contributed by atoms with van der Waals surface area (Å²) in [6, 6.07) is 7.97. The second-order valence-electron chi connectivity index (χ2n) is 4.31. The van der Waals surface area contributed by atoms with Crippen molar-refractivity contribution in [3.05, 3.63) is 29.3 Å². The summed E-state index contributed by atoms with van der Waals surface area (Å²) in [7, 11) is 0. The van der Waals surface area contributed by atoms with Crippen LogP contribution in [-0.2, 0) is 6.54 Å². The number of para-hydroxylation sites is 1. The van der Waals surface area contributed by atoms with Crippen LogP contribution in [0.25, 0.3) is 10.2 Å². The molecule has 17 heavy (non-hydrogen) atoms. The maximum Gasteiger partial charge on any atom is 0.108 e. The van der Waals surface area contributed by atoms with Crippen molar-refractivity contribution in [2.45, 2.75) is 19.0 Å². The highest BCUT2D eigenvalue weighted by Crippen LogP contribution is 2.21. The standard InChI is InChI=1S/C12H16N2O2S/c1-12(7-15,8-16)13-6-11-14-9-4-2-3-5-10(9)17-11/h2-5,13,15-16H,6-8H2,1H3. The number of hydrogen-bond donors (Lipinski definition) is 3. The highest BCUT2D eigenvalue weighted by atomic mass is 32.1. The van der Waals surface area contributed by atoms with Crippen LogP contribution in [0, 0.1) is 0 Å². The average molecular weight is 252 g/mol. The fourth-order valence-electron chi connectivity index (χ4n) is 1.45. The van der Waals surface area contributed by atoms with E-state index in [1.807, 2.05) is 24.3 Å². The second kappa shape index (κ2) is 5.10. The summed E-state index contributed by atoms with van der Waals surface area (Å²) >= 11 is 1.62. The molecule has 1 aromatic carbocycles. The van der Waals surface area contributed by atoms with Crippen LogP contribution >= 0.6 is 11.3 Å². The molecule has 0 radical (unpaired) electrons. The molecule has 0 unspecified atom stereocenters. The lowest BCUT2D eigenvalue weighted by molar-refractivity contribution is 0.103. The van der Waals surface area contributed by atoms with Gasteiger partial charge in [-0.15, -0.1) is 11.3 Å². The van der Waals surface area contributed by atoms with E-state index in [4.69, 9.17) is 10.2 Å². The summed E-state index contributed by atoms with van der Waals surface area (Å²) < 4.78 is 1.15. The summed E-state index contributed by atoms with van der Waals surface area (Å²) in [6.45, 7) is 2.13. The van der Waals surface area contributed by atoms with Gasteiger partial charge in [-0.3, -0.25) is 0 Å². The molecule has 3 N–H and O–H groups in total. The molecule has 0 amide bonds. The van der Waals surface area contributed by atoms with Gasteiger partial charge in [0.2, 0.25) is 0 Å². The number of thiazole rings is 1. The normalized spacial score (nSPS) is 12.2. The van der Waals surface area contributed by atoms with Gasteiger partial charge in [0.15, 0.2) is 0 Å². The SMILES string of the molecule is CC(CO)(CO)NCc1nc2ccccc2s1. The van der Waals surface area contributed by atoms with E-state index in [0.717, 1.165) is 15.2 Å². The predicted molar refractivity (Wildman–Crippen MR) is 69.0 cm³/mol. The number of aliphatic hydroxyl groups excluding tert-OH is 2. The first-order valence-electron chi connectivity index (χ1n) is 5.48. The number of nitrogens with one attached hydrogen (secondary N) is 1. The fraction of sp³-hybridized carbons (Fsp3) is 0.417. The number of aromatic nitrogens is 1. The Balaban J connectivity index is 2.09. The van der Waals surface area contributed by atoms with E-state index in [1.165, 1.54) is 0 Å². The first-order valence-corrected chi connectivity index (χ1v) is 6.30. The first-order chi connectivity index (χ1) is 8.17. The van der Waals surface area contributed by atoms with Crippen molar-refractivity contribution in [1.29, 1.82) is 0 Å². The van der Waals surface area contributed by atoms with Crippen molar-refractivity contribution < 1.29 is 10.2 Å². The van der Waals surface area contributed by atoms with Crippen LogP contribution in [0.4, 0.5) is 0 Å². The third-order valence-electron chi connectivity index (χ3n) is 2.70. The third kappa shape index (κ3) is 2.81. The molecule has 92 valence electrons. The van der Waals surface area contributed by atoms with E-state index >= 15 is 0 Å². The molecule has 0 spiro atoms. The Kier molecular flexibility index (Phi) is 3.73. The highest BCUT2D eigenvalue weighted by molar-refractivity contribution is 7.18. The summed E-state index contributed by atoms with van der Waals surface area (Å²) in [4.78, 5) is 4.48. The number of benzene rings is 1. The minimum Gasteiger partial charge on any atom is -0.394 e. The van der Waals surface area contributed by atoms with E-state index < -0.39 is 5.54 Å². The molecule has 0 saturated heterocycles. The van der Waals surface area contributed by atoms with Gasteiger partial charge in [-0.05, 0) is 19.1 Å². The molecule has 5 heteroatoms. The van der Waals surface area contributed by atoms with Gasteiger partial charge in [0.25, 0.3) is 0 Å². The van der Waals surface area contributed by atoms with Crippen molar-refractivity contribution in [3.63, 3.8) is 0 Å². The molecule has 0 fully saturated rings. The number of hydrogen-bond acceptors (Lipinski definition) is 5. The smallest absolute Gasteiger partial charge is 0.108 e. The van der Waals surface area contributed by atoms with Crippen LogP contribution in [0.1, 0.15) is 11.9 Å². The van der Waals surface area contributed by atoms with E-state index in [0.29, 0.717) is 6.54 Å². The van der Waals surface area contributed by atoms with Crippen LogP contribution in [0.15, 0.2) is 24.3 Å². The lowest BCUT2D eigenvalue weighted by Crippen LogP contribution is -2.48. The van der Waals surface area contributed by atoms with Crippen LogP contribution < -0.4 is 5.32 Å². The van der Waals surface area contributed by atoms with Crippen LogP contribution in [0.5, 0.6) is 0 Å². The molecule has 1 heterocycles. The van der Waals surface area contributed by atoms with Crippen molar-refractivity contribution in [2.24, 2.45) is 0 Å². The molecule has 0 aliphatic heterocycles. The molecule has 0 atom stereocenters. The van der Waals surface area contributed by atoms with Gasteiger partial charge in [0, 0.05) is 6.54 Å². The van der Waals surface area contributed by atoms with E-state index in [-0.39, 0.29) is 13.2 Å². The van der Waals surface area contributed by atoms with Gasteiger partial charge in [-0.2, -0.15) is 0 Å². The number of fused-ring (bicyclic) bond motifs is 1. The zero-order chi connectivity index (χ0) is 12.3. The van der Waals surface area contributed by atoms with E-state index in [9.17, 15) is 0 Å². The minimum atomic E-state index is -0.655. The summed E-state index contributed by atoms with van der Waals surface area (Å²) in [5.41, 5.74) is 0.335. The number of rotatable bonds is 5. The van der Waals surface area contributed by atoms with Gasteiger partial charge in [-0.1, -0.05) is 12.1 Å². The Morgan fingerprint density at radius 3 is 2.65 bits per heavy atom. The topological polar surface area (TPSA) is 65.4 Å². The molecule has 0 aliphatic carbocycles. The molecular formula is C12H16N2O2S. The molecule has 1 aromatic heterocycles. The molecule has 0 aliphatic rings. The van der Waals surface area contributed by atoms with Crippen molar-refractivity contribution >= 4 is 21.6 Å². The van der Waals surface area contributed by atoms with Crippen LogP contribution in [0.3, 0.4) is 0 Å². The molecule has 0 saturated carbocycles. The highest BCUT2D eigenvalue weighted by Gasteiger charge is 2.21. The minimum absolute atomic E-state index is 0.103. The number of aliphatic hydroxyl groups is 2. The first kappa shape index (κ1) is 12.4. The van der Waals surface area contributed by atoms with Gasteiger partial charge >= 0.3 is 0 Å². The molecule has 0 bridgehead atoms. The lowest BCUT2D eigenvalue weighted by Gasteiger charge is -2.25. The molecular weight excluding hydrogens is 236 g/mol. The van der Waals surface area contributed by atoms with E-state index in [2.05, 4.69) is 10.3 Å². The molecule has 2 rings (SSSR count). The zero-order valence-electron chi connectivity index (χ0n) is 9.68. The third-order valence-corrected chi connectivity index (χ3v) is 3.74. The maximum absolute atomic E-state index is 9.16. The average Bonchev–Trinajstić information content (AvgIpc) is 2.79. The van der Waals surface area contributed by atoms with Crippen molar-refractivity contribution in [2.75, 3.05) is 13.2 Å². The largest absolute Gasteiger partial charge is 0.394 e. The second-order valence-corrected chi connectivity index (χ2v) is 5.42. The Hall–Kier alpha value is -1.01. The Labute approximate surface area is 104 Å². The lowest BCUT2D eigenvalue weighted by atomic mass is 10.1. The summed E-state index contributed by atoms with van der Waals surface area (Å²) in [5, 5.41) is 22.4. The Morgan fingerprint density at radius 2 is 2.00 bits per heavy atom. The fourth-order valence-corrected chi connectivity index (χ4v) is 2.35. The Morgan fingerprint density at radius 1 is 1.29 bits per heavy atom. The van der Waals surface area contributed by atoms with Gasteiger partial charge in [-0.25, -0.2) is 4.98 Å².